The highest BCUT2D eigenvalue weighted by Crippen LogP contribution is 2.23. The minimum Gasteiger partial charge on any atom is -0.493 e. The van der Waals surface area contributed by atoms with Gasteiger partial charge in [-0.25, -0.2) is 0 Å². The van der Waals surface area contributed by atoms with Crippen molar-refractivity contribution in [2.75, 3.05) is 12.9 Å². The van der Waals surface area contributed by atoms with Gasteiger partial charge in [-0.05, 0) is 29.7 Å². The lowest BCUT2D eigenvalue weighted by Gasteiger charge is -2.17. The second-order valence-electron chi connectivity index (χ2n) is 6.08. The number of rotatable bonds is 7. The van der Waals surface area contributed by atoms with E-state index in [0.29, 0.717) is 13.0 Å². The summed E-state index contributed by atoms with van der Waals surface area (Å²) in [5.74, 6) is 0.833. The summed E-state index contributed by atoms with van der Waals surface area (Å²) in [5, 5.41) is 2.31. The number of benzene rings is 2. The Kier molecular flexibility index (Phi) is 5.56. The molecular formula is C20H22O4S. The van der Waals surface area contributed by atoms with Crippen molar-refractivity contribution in [2.45, 2.75) is 25.4 Å². The van der Waals surface area contributed by atoms with E-state index in [9.17, 15) is 8.42 Å². The van der Waals surface area contributed by atoms with Crippen LogP contribution in [0.1, 0.15) is 30.9 Å². The quantitative estimate of drug-likeness (QED) is 0.714. The zero-order valence-corrected chi connectivity index (χ0v) is 15.0. The highest BCUT2D eigenvalue weighted by Gasteiger charge is 2.18. The zero-order chi connectivity index (χ0) is 17.7. The fourth-order valence-electron chi connectivity index (χ4n) is 2.97. The van der Waals surface area contributed by atoms with Crippen LogP contribution >= 0.6 is 0 Å². The molecule has 1 unspecified atom stereocenters. The van der Waals surface area contributed by atoms with Crippen LogP contribution in [0.2, 0.25) is 0 Å². The van der Waals surface area contributed by atoms with Gasteiger partial charge in [-0.2, -0.15) is 8.42 Å². The molecule has 1 aliphatic carbocycles. The molecule has 0 N–H and O–H groups in total. The summed E-state index contributed by atoms with van der Waals surface area (Å²) in [7, 11) is -3.55. The lowest BCUT2D eigenvalue weighted by molar-refractivity contribution is 0.171. The van der Waals surface area contributed by atoms with Gasteiger partial charge in [-0.1, -0.05) is 54.6 Å². The Morgan fingerprint density at radius 1 is 1.00 bits per heavy atom. The molecule has 0 bridgehead atoms. The summed E-state index contributed by atoms with van der Waals surface area (Å²) in [5.41, 5.74) is 0.825. The molecular weight excluding hydrogens is 336 g/mol. The third-order valence-corrected chi connectivity index (χ3v) is 4.66. The largest absolute Gasteiger partial charge is 0.493 e. The Bertz CT molecular complexity index is 933. The van der Waals surface area contributed by atoms with E-state index in [1.54, 1.807) is 0 Å². The molecule has 0 heterocycles. The van der Waals surface area contributed by atoms with E-state index in [-0.39, 0.29) is 0 Å². The third kappa shape index (κ3) is 4.94. The van der Waals surface area contributed by atoms with Crippen LogP contribution in [0.5, 0.6) is 5.75 Å². The van der Waals surface area contributed by atoms with Crippen molar-refractivity contribution in [3.63, 3.8) is 0 Å². The minimum atomic E-state index is -3.55. The predicted molar refractivity (Wildman–Crippen MR) is 99.1 cm³/mol. The van der Waals surface area contributed by atoms with Crippen molar-refractivity contribution in [2.24, 2.45) is 0 Å². The van der Waals surface area contributed by atoms with E-state index in [1.165, 1.54) is 5.22 Å². The average Bonchev–Trinajstić information content (AvgIpc) is 2.61. The maximum atomic E-state index is 11.6. The zero-order valence-electron chi connectivity index (χ0n) is 14.2. The van der Waals surface area contributed by atoms with Crippen LogP contribution in [-0.2, 0) is 14.3 Å². The van der Waals surface area contributed by atoms with Crippen LogP contribution < -0.4 is 15.2 Å². The van der Waals surface area contributed by atoms with Gasteiger partial charge in [0.05, 0.1) is 12.9 Å². The molecule has 132 valence electrons. The van der Waals surface area contributed by atoms with Gasteiger partial charge < -0.3 is 4.74 Å². The van der Waals surface area contributed by atoms with E-state index < -0.39 is 16.2 Å². The van der Waals surface area contributed by atoms with Gasteiger partial charge in [0.25, 0.3) is 10.1 Å². The summed E-state index contributed by atoms with van der Waals surface area (Å²) >= 11 is 0. The Labute approximate surface area is 148 Å². The molecule has 3 rings (SSSR count). The van der Waals surface area contributed by atoms with Gasteiger partial charge in [-0.15, -0.1) is 0 Å². The van der Waals surface area contributed by atoms with Gasteiger partial charge in [0.2, 0.25) is 0 Å². The topological polar surface area (TPSA) is 52.6 Å². The first-order valence-electron chi connectivity index (χ1n) is 8.38. The molecule has 1 aliphatic rings. The highest BCUT2D eigenvalue weighted by molar-refractivity contribution is 7.86. The van der Waals surface area contributed by atoms with E-state index in [2.05, 4.69) is 18.2 Å². The van der Waals surface area contributed by atoms with Crippen molar-refractivity contribution in [3.05, 3.63) is 64.5 Å². The summed E-state index contributed by atoms with van der Waals surface area (Å²) < 4.78 is 34.3. The highest BCUT2D eigenvalue weighted by atomic mass is 32.2. The normalized spacial score (nSPS) is 14.8. The van der Waals surface area contributed by atoms with Gasteiger partial charge in [0.1, 0.15) is 11.9 Å². The van der Waals surface area contributed by atoms with Gasteiger partial charge in [0.15, 0.2) is 0 Å². The summed E-state index contributed by atoms with van der Waals surface area (Å²) in [4.78, 5) is 0. The minimum absolute atomic E-state index is 0.374. The maximum absolute atomic E-state index is 11.6. The molecule has 0 fully saturated rings. The number of hydrogen-bond acceptors (Lipinski definition) is 4. The van der Waals surface area contributed by atoms with Crippen molar-refractivity contribution in [3.8, 4) is 5.75 Å². The van der Waals surface area contributed by atoms with E-state index >= 15 is 0 Å². The van der Waals surface area contributed by atoms with Crippen LogP contribution in [-0.4, -0.2) is 21.3 Å². The van der Waals surface area contributed by atoms with Crippen molar-refractivity contribution in [1.82, 2.24) is 0 Å². The average molecular weight is 358 g/mol. The molecule has 1 atom stereocenters. The fourth-order valence-corrected chi connectivity index (χ4v) is 3.60. The Morgan fingerprint density at radius 3 is 2.52 bits per heavy atom. The summed E-state index contributed by atoms with van der Waals surface area (Å²) in [6, 6.07) is 15.4. The molecule has 25 heavy (non-hydrogen) atoms. The molecule has 4 nitrogen and oxygen atoms in total. The van der Waals surface area contributed by atoms with E-state index in [0.717, 1.165) is 35.6 Å². The maximum Gasteiger partial charge on any atom is 0.264 e. The van der Waals surface area contributed by atoms with Gasteiger partial charge in [-0.3, -0.25) is 4.18 Å². The number of ether oxygens (including phenoxy) is 1. The first-order chi connectivity index (χ1) is 12.0. The molecule has 0 aliphatic heterocycles. The lowest BCUT2D eigenvalue weighted by Crippen LogP contribution is -2.28. The third-order valence-electron chi connectivity index (χ3n) is 4.08. The van der Waals surface area contributed by atoms with Crippen LogP contribution in [0.15, 0.2) is 48.5 Å². The second kappa shape index (κ2) is 7.85. The Hall–Kier alpha value is -2.11. The smallest absolute Gasteiger partial charge is 0.264 e. The van der Waals surface area contributed by atoms with Crippen molar-refractivity contribution in [1.29, 1.82) is 0 Å². The molecule has 0 saturated heterocycles. The lowest BCUT2D eigenvalue weighted by atomic mass is 10.1. The molecule has 0 aromatic heterocycles. The Balaban J connectivity index is 1.73. The molecule has 5 heteroatoms. The van der Waals surface area contributed by atoms with Crippen LogP contribution in [0.3, 0.4) is 0 Å². The first kappa shape index (κ1) is 17.7. The number of hydrogen-bond donors (Lipinski definition) is 0. The summed E-state index contributed by atoms with van der Waals surface area (Å²) in [6.45, 7) is 0.374. The van der Waals surface area contributed by atoms with Crippen LogP contribution in [0, 0.1) is 0 Å². The van der Waals surface area contributed by atoms with Crippen molar-refractivity contribution >= 4 is 22.3 Å². The predicted octanol–water partition coefficient (Wildman–Crippen LogP) is 2.53. The van der Waals surface area contributed by atoms with E-state index in [1.807, 2.05) is 42.5 Å². The van der Waals surface area contributed by atoms with Crippen LogP contribution in [0.25, 0.3) is 12.2 Å². The second-order valence-corrected chi connectivity index (χ2v) is 7.68. The molecule has 2 aromatic rings. The molecule has 0 saturated carbocycles. The monoisotopic (exact) mass is 358 g/mol. The standard InChI is InChI=1S/C20H22O4S/c1-25(21,22)24-19(17-9-3-2-4-10-17)14-15-23-20-13-7-11-16-8-5-6-12-18(16)20/h2-4,7-13,19H,5-6,14-15H2,1H3. The molecule has 0 radical (unpaired) electrons. The van der Waals surface area contributed by atoms with E-state index in [4.69, 9.17) is 8.92 Å². The molecule has 0 amide bonds. The molecule has 0 spiro atoms. The van der Waals surface area contributed by atoms with Gasteiger partial charge in [0, 0.05) is 11.6 Å². The number of fused-ring (bicyclic) bond motifs is 1. The van der Waals surface area contributed by atoms with Gasteiger partial charge >= 0.3 is 0 Å². The fraction of sp³-hybridized carbons (Fsp3) is 0.300. The molecule has 2 aromatic carbocycles. The first-order valence-corrected chi connectivity index (χ1v) is 10.2. The van der Waals surface area contributed by atoms with Crippen LogP contribution in [0.4, 0.5) is 0 Å². The Morgan fingerprint density at radius 2 is 1.76 bits per heavy atom. The SMILES string of the molecule is CS(=O)(=O)OC(CCOc1cccc2c1=CCCC=2)c1ccccc1. The summed E-state index contributed by atoms with van der Waals surface area (Å²) in [6.07, 6.45) is 7.43. The van der Waals surface area contributed by atoms with Crippen molar-refractivity contribution < 1.29 is 17.3 Å².